The third kappa shape index (κ3) is 2.68. The van der Waals surface area contributed by atoms with Crippen LogP contribution in [0.15, 0.2) is 0 Å². The normalized spacial score (nSPS) is 37.0. The van der Waals surface area contributed by atoms with Crippen molar-refractivity contribution in [1.82, 2.24) is 5.32 Å². The van der Waals surface area contributed by atoms with Gasteiger partial charge in [-0.1, -0.05) is 6.92 Å². The van der Waals surface area contributed by atoms with Crippen molar-refractivity contribution in [1.29, 1.82) is 0 Å². The van der Waals surface area contributed by atoms with Crippen LogP contribution in [0, 0.1) is 5.92 Å². The number of hydrogen-bond donors (Lipinski definition) is 1. The molecule has 88 valence electrons. The molecule has 0 aromatic rings. The molecular formula is C12H21F2N. The van der Waals surface area contributed by atoms with Crippen LogP contribution in [0.3, 0.4) is 0 Å². The van der Waals surface area contributed by atoms with Crippen molar-refractivity contribution >= 4 is 0 Å². The van der Waals surface area contributed by atoms with E-state index in [9.17, 15) is 8.78 Å². The van der Waals surface area contributed by atoms with Gasteiger partial charge in [-0.05, 0) is 38.0 Å². The summed E-state index contributed by atoms with van der Waals surface area (Å²) in [6, 6.07) is 1.16. The molecule has 1 saturated heterocycles. The second kappa shape index (κ2) is 4.36. The first-order valence-electron chi connectivity index (χ1n) is 6.24. The Hall–Kier alpha value is -0.180. The summed E-state index contributed by atoms with van der Waals surface area (Å²) >= 11 is 0. The van der Waals surface area contributed by atoms with E-state index in [1.165, 1.54) is 19.3 Å². The van der Waals surface area contributed by atoms with Crippen LogP contribution >= 0.6 is 0 Å². The van der Waals surface area contributed by atoms with Crippen LogP contribution in [0.5, 0.6) is 0 Å². The molecule has 0 radical (unpaired) electrons. The highest BCUT2D eigenvalue weighted by atomic mass is 19.3. The minimum Gasteiger partial charge on any atom is -0.311 e. The molecule has 0 bridgehead atoms. The van der Waals surface area contributed by atoms with E-state index >= 15 is 0 Å². The van der Waals surface area contributed by atoms with E-state index in [0.29, 0.717) is 30.8 Å². The number of nitrogens with one attached hydrogen (secondary N) is 1. The molecule has 1 saturated carbocycles. The predicted molar refractivity (Wildman–Crippen MR) is 57.1 cm³/mol. The summed E-state index contributed by atoms with van der Waals surface area (Å²) in [5, 5.41) is 3.59. The van der Waals surface area contributed by atoms with Crippen LogP contribution in [0.25, 0.3) is 0 Å². The van der Waals surface area contributed by atoms with E-state index < -0.39 is 5.92 Å². The number of rotatable bonds is 2. The van der Waals surface area contributed by atoms with Gasteiger partial charge in [0.25, 0.3) is 0 Å². The SMILES string of the molecule is CCC1CCC(C2CCC(F)(F)CC2)N1. The highest BCUT2D eigenvalue weighted by Crippen LogP contribution is 2.39. The number of hydrogen-bond acceptors (Lipinski definition) is 1. The molecule has 1 nitrogen and oxygen atoms in total. The molecular weight excluding hydrogens is 196 g/mol. The van der Waals surface area contributed by atoms with Crippen LogP contribution in [0.1, 0.15) is 51.9 Å². The Balaban J connectivity index is 1.81. The molecule has 1 N–H and O–H groups in total. The van der Waals surface area contributed by atoms with Crippen molar-refractivity contribution in [2.24, 2.45) is 5.92 Å². The minimum absolute atomic E-state index is 0.104. The quantitative estimate of drug-likeness (QED) is 0.748. The lowest BCUT2D eigenvalue weighted by atomic mass is 9.81. The van der Waals surface area contributed by atoms with Gasteiger partial charge in [0.15, 0.2) is 0 Å². The second-order valence-electron chi connectivity index (χ2n) is 5.15. The Labute approximate surface area is 90.6 Å². The van der Waals surface area contributed by atoms with Crippen LogP contribution in [0.2, 0.25) is 0 Å². The molecule has 2 atom stereocenters. The van der Waals surface area contributed by atoms with E-state index in [0.717, 1.165) is 0 Å². The van der Waals surface area contributed by atoms with Gasteiger partial charge < -0.3 is 5.32 Å². The molecule has 1 aliphatic heterocycles. The van der Waals surface area contributed by atoms with Crippen molar-refractivity contribution in [2.75, 3.05) is 0 Å². The third-order valence-electron chi connectivity index (χ3n) is 4.10. The first kappa shape index (κ1) is 11.3. The summed E-state index contributed by atoms with van der Waals surface area (Å²) in [4.78, 5) is 0. The van der Waals surface area contributed by atoms with Crippen LogP contribution in [-0.2, 0) is 0 Å². The van der Waals surface area contributed by atoms with E-state index in [2.05, 4.69) is 12.2 Å². The first-order valence-corrected chi connectivity index (χ1v) is 6.24. The van der Waals surface area contributed by atoms with E-state index in [4.69, 9.17) is 0 Å². The van der Waals surface area contributed by atoms with Crippen LogP contribution in [0.4, 0.5) is 8.78 Å². The lowest BCUT2D eigenvalue weighted by molar-refractivity contribution is -0.0490. The van der Waals surface area contributed by atoms with Gasteiger partial charge in [-0.3, -0.25) is 0 Å². The van der Waals surface area contributed by atoms with Crippen LogP contribution < -0.4 is 5.32 Å². The highest BCUT2D eigenvalue weighted by molar-refractivity contribution is 4.90. The molecule has 2 rings (SSSR count). The topological polar surface area (TPSA) is 12.0 Å². The largest absolute Gasteiger partial charge is 0.311 e. The van der Waals surface area contributed by atoms with Gasteiger partial charge in [-0.2, -0.15) is 0 Å². The van der Waals surface area contributed by atoms with Gasteiger partial charge in [0.2, 0.25) is 5.92 Å². The molecule has 0 amide bonds. The summed E-state index contributed by atoms with van der Waals surface area (Å²) in [5.74, 6) is -1.87. The molecule has 1 heterocycles. The van der Waals surface area contributed by atoms with Crippen molar-refractivity contribution in [3.63, 3.8) is 0 Å². The average Bonchev–Trinajstić information content (AvgIpc) is 2.66. The molecule has 2 aliphatic rings. The van der Waals surface area contributed by atoms with Crippen molar-refractivity contribution in [3.05, 3.63) is 0 Å². The summed E-state index contributed by atoms with van der Waals surface area (Å²) in [5.41, 5.74) is 0. The maximum atomic E-state index is 13.0. The Morgan fingerprint density at radius 1 is 1.13 bits per heavy atom. The third-order valence-corrected chi connectivity index (χ3v) is 4.10. The lowest BCUT2D eigenvalue weighted by Gasteiger charge is -2.32. The fraction of sp³-hybridized carbons (Fsp3) is 1.00. The maximum absolute atomic E-state index is 13.0. The number of alkyl halides is 2. The average molecular weight is 217 g/mol. The zero-order valence-electron chi connectivity index (χ0n) is 9.44. The molecule has 2 fully saturated rings. The van der Waals surface area contributed by atoms with Gasteiger partial charge in [0, 0.05) is 24.9 Å². The molecule has 1 aliphatic carbocycles. The predicted octanol–water partition coefficient (Wildman–Crippen LogP) is 3.34. The summed E-state index contributed by atoms with van der Waals surface area (Å²) in [7, 11) is 0. The Kier molecular flexibility index (Phi) is 3.29. The number of halogens is 2. The van der Waals surface area contributed by atoms with E-state index in [-0.39, 0.29) is 12.8 Å². The van der Waals surface area contributed by atoms with Gasteiger partial charge in [0.05, 0.1) is 0 Å². The second-order valence-corrected chi connectivity index (χ2v) is 5.15. The Morgan fingerprint density at radius 2 is 1.80 bits per heavy atom. The van der Waals surface area contributed by atoms with Gasteiger partial charge >= 0.3 is 0 Å². The monoisotopic (exact) mass is 217 g/mol. The van der Waals surface area contributed by atoms with Crippen LogP contribution in [-0.4, -0.2) is 18.0 Å². The van der Waals surface area contributed by atoms with E-state index in [1.807, 2.05) is 0 Å². The van der Waals surface area contributed by atoms with Gasteiger partial charge in [-0.15, -0.1) is 0 Å². The summed E-state index contributed by atoms with van der Waals surface area (Å²) in [6.45, 7) is 2.19. The molecule has 15 heavy (non-hydrogen) atoms. The van der Waals surface area contributed by atoms with Gasteiger partial charge in [-0.25, -0.2) is 8.78 Å². The van der Waals surface area contributed by atoms with Crippen molar-refractivity contribution in [2.45, 2.75) is 69.9 Å². The highest BCUT2D eigenvalue weighted by Gasteiger charge is 2.39. The molecule has 0 aromatic carbocycles. The van der Waals surface area contributed by atoms with Crippen molar-refractivity contribution in [3.8, 4) is 0 Å². The standard InChI is InChI=1S/C12H21F2N/c1-2-10-3-4-11(15-10)9-5-7-12(13,14)8-6-9/h9-11,15H,2-8H2,1H3. The molecule has 3 heteroatoms. The molecule has 0 aromatic heterocycles. The Morgan fingerprint density at radius 3 is 2.33 bits per heavy atom. The zero-order chi connectivity index (χ0) is 10.9. The Bertz CT molecular complexity index is 208. The minimum atomic E-state index is -2.38. The van der Waals surface area contributed by atoms with Crippen molar-refractivity contribution < 1.29 is 8.78 Å². The first-order chi connectivity index (χ1) is 7.11. The fourth-order valence-electron chi connectivity index (χ4n) is 3.01. The maximum Gasteiger partial charge on any atom is 0.248 e. The molecule has 2 unspecified atom stereocenters. The lowest BCUT2D eigenvalue weighted by Crippen LogP contribution is -2.38. The summed E-state index contributed by atoms with van der Waals surface area (Å²) < 4.78 is 26.0. The van der Waals surface area contributed by atoms with Gasteiger partial charge in [0.1, 0.15) is 0 Å². The van der Waals surface area contributed by atoms with E-state index in [1.54, 1.807) is 0 Å². The fourth-order valence-corrected chi connectivity index (χ4v) is 3.01. The summed E-state index contributed by atoms with van der Waals surface area (Å²) in [6.07, 6.45) is 5.21. The molecule has 0 spiro atoms. The zero-order valence-corrected chi connectivity index (χ0v) is 9.44. The smallest absolute Gasteiger partial charge is 0.248 e.